The summed E-state index contributed by atoms with van der Waals surface area (Å²) in [5.74, 6) is 1.79. The number of aromatic nitrogens is 4. The molecule has 0 aromatic carbocycles. The molecule has 134 valence electrons. The number of nitrogens with zero attached hydrogens (tertiary/aromatic N) is 7. The van der Waals surface area contributed by atoms with Gasteiger partial charge in [0.05, 0.1) is 6.54 Å². The maximum Gasteiger partial charge on any atom is 0.219 e. The first-order valence-corrected chi connectivity index (χ1v) is 9.05. The van der Waals surface area contributed by atoms with Gasteiger partial charge in [-0.25, -0.2) is 4.68 Å². The van der Waals surface area contributed by atoms with Gasteiger partial charge in [-0.2, -0.15) is 0 Å². The standard InChI is InChI=1S/C16H29N7O/c1-4-5-23-16(17-18-19-23)12-20-10-13(2)15(11-20)22-8-6-21(7-9-22)14(3)24/h13,15H,4-12H2,1-3H3/t13-,15+/m0/s1. The van der Waals surface area contributed by atoms with Gasteiger partial charge in [0.15, 0.2) is 5.82 Å². The van der Waals surface area contributed by atoms with Crippen molar-refractivity contribution in [1.29, 1.82) is 0 Å². The van der Waals surface area contributed by atoms with Crippen LogP contribution in [0.2, 0.25) is 0 Å². The van der Waals surface area contributed by atoms with Crippen LogP contribution in [-0.4, -0.2) is 86.1 Å². The second kappa shape index (κ2) is 7.57. The zero-order chi connectivity index (χ0) is 17.1. The number of rotatable bonds is 5. The molecule has 0 saturated carbocycles. The van der Waals surface area contributed by atoms with Crippen LogP contribution < -0.4 is 0 Å². The molecule has 2 fully saturated rings. The van der Waals surface area contributed by atoms with Crippen LogP contribution in [0.4, 0.5) is 0 Å². The van der Waals surface area contributed by atoms with E-state index in [0.717, 1.165) is 64.6 Å². The molecule has 3 heterocycles. The Balaban J connectivity index is 1.55. The monoisotopic (exact) mass is 335 g/mol. The first-order chi connectivity index (χ1) is 11.6. The van der Waals surface area contributed by atoms with E-state index in [-0.39, 0.29) is 5.91 Å². The van der Waals surface area contributed by atoms with E-state index in [2.05, 4.69) is 39.2 Å². The number of aryl methyl sites for hydroxylation is 1. The molecular formula is C16H29N7O. The van der Waals surface area contributed by atoms with Crippen LogP contribution in [0.25, 0.3) is 0 Å². The van der Waals surface area contributed by atoms with Crippen LogP contribution in [0.5, 0.6) is 0 Å². The van der Waals surface area contributed by atoms with Crippen LogP contribution in [0, 0.1) is 5.92 Å². The fourth-order valence-electron chi connectivity index (χ4n) is 3.94. The minimum atomic E-state index is 0.193. The Hall–Kier alpha value is -1.54. The van der Waals surface area contributed by atoms with Crippen molar-refractivity contribution < 1.29 is 4.79 Å². The minimum absolute atomic E-state index is 0.193. The second-order valence-corrected chi connectivity index (χ2v) is 7.10. The SMILES string of the molecule is CCCn1nnnc1CN1C[C@@H](N2CCN(C(C)=O)CC2)[C@@H](C)C1. The highest BCUT2D eigenvalue weighted by Gasteiger charge is 2.35. The Bertz CT molecular complexity index is 552. The van der Waals surface area contributed by atoms with Gasteiger partial charge in [0.1, 0.15) is 0 Å². The fraction of sp³-hybridized carbons (Fsp3) is 0.875. The Morgan fingerprint density at radius 1 is 1.21 bits per heavy atom. The van der Waals surface area contributed by atoms with Crippen molar-refractivity contribution in [2.45, 2.75) is 46.3 Å². The van der Waals surface area contributed by atoms with Gasteiger partial charge in [0.25, 0.3) is 0 Å². The highest BCUT2D eigenvalue weighted by atomic mass is 16.2. The van der Waals surface area contributed by atoms with Crippen molar-refractivity contribution >= 4 is 5.91 Å². The average Bonchev–Trinajstić information content (AvgIpc) is 3.15. The molecular weight excluding hydrogens is 306 g/mol. The Morgan fingerprint density at radius 2 is 1.96 bits per heavy atom. The lowest BCUT2D eigenvalue weighted by Crippen LogP contribution is -2.53. The molecule has 1 aromatic rings. The zero-order valence-corrected chi connectivity index (χ0v) is 15.1. The third-order valence-electron chi connectivity index (χ3n) is 5.28. The molecule has 1 aromatic heterocycles. The highest BCUT2D eigenvalue weighted by molar-refractivity contribution is 5.73. The average molecular weight is 335 g/mol. The van der Waals surface area contributed by atoms with E-state index in [4.69, 9.17) is 0 Å². The van der Waals surface area contributed by atoms with E-state index in [1.54, 1.807) is 6.92 Å². The lowest BCUT2D eigenvalue weighted by atomic mass is 10.0. The topological polar surface area (TPSA) is 70.4 Å². The quantitative estimate of drug-likeness (QED) is 0.758. The minimum Gasteiger partial charge on any atom is -0.340 e. The number of likely N-dealkylation sites (tertiary alicyclic amines) is 1. The van der Waals surface area contributed by atoms with Gasteiger partial charge < -0.3 is 4.90 Å². The summed E-state index contributed by atoms with van der Waals surface area (Å²) < 4.78 is 1.92. The number of tetrazole rings is 1. The maximum absolute atomic E-state index is 11.5. The van der Waals surface area contributed by atoms with Gasteiger partial charge >= 0.3 is 0 Å². The van der Waals surface area contributed by atoms with Crippen LogP contribution in [0.3, 0.4) is 0 Å². The molecule has 8 nitrogen and oxygen atoms in total. The predicted molar refractivity (Wildman–Crippen MR) is 90.2 cm³/mol. The number of carbonyl (C=O) groups is 1. The Kier molecular flexibility index (Phi) is 5.45. The number of hydrogen-bond acceptors (Lipinski definition) is 6. The molecule has 8 heteroatoms. The van der Waals surface area contributed by atoms with Crippen molar-refractivity contribution in [1.82, 2.24) is 34.9 Å². The molecule has 2 saturated heterocycles. The molecule has 24 heavy (non-hydrogen) atoms. The molecule has 0 unspecified atom stereocenters. The summed E-state index contributed by atoms with van der Waals surface area (Å²) in [4.78, 5) is 18.5. The van der Waals surface area contributed by atoms with E-state index in [0.29, 0.717) is 12.0 Å². The number of hydrogen-bond donors (Lipinski definition) is 0. The van der Waals surface area contributed by atoms with Crippen LogP contribution in [0.15, 0.2) is 0 Å². The summed E-state index contributed by atoms with van der Waals surface area (Å²) in [5.41, 5.74) is 0. The van der Waals surface area contributed by atoms with Crippen molar-refractivity contribution in [3.63, 3.8) is 0 Å². The zero-order valence-electron chi connectivity index (χ0n) is 15.1. The molecule has 2 aliphatic rings. The fourth-order valence-corrected chi connectivity index (χ4v) is 3.94. The molecule has 1 amide bonds. The Labute approximate surface area is 143 Å². The van der Waals surface area contributed by atoms with E-state index in [9.17, 15) is 4.79 Å². The molecule has 0 bridgehead atoms. The summed E-state index contributed by atoms with van der Waals surface area (Å²) in [5, 5.41) is 12.1. The summed E-state index contributed by atoms with van der Waals surface area (Å²) in [7, 11) is 0. The molecule has 0 spiro atoms. The first-order valence-electron chi connectivity index (χ1n) is 9.05. The van der Waals surface area contributed by atoms with Gasteiger partial charge in [-0.3, -0.25) is 14.6 Å². The molecule has 0 radical (unpaired) electrons. The molecule has 2 aliphatic heterocycles. The van der Waals surface area contributed by atoms with Gasteiger partial charge in [-0.1, -0.05) is 13.8 Å². The summed E-state index contributed by atoms with van der Waals surface area (Å²) in [6.07, 6.45) is 1.04. The van der Waals surface area contributed by atoms with E-state index in [1.165, 1.54) is 0 Å². The van der Waals surface area contributed by atoms with Crippen LogP contribution in [-0.2, 0) is 17.9 Å². The first kappa shape index (κ1) is 17.3. The third-order valence-corrected chi connectivity index (χ3v) is 5.28. The number of amides is 1. The summed E-state index contributed by atoms with van der Waals surface area (Å²) >= 11 is 0. The van der Waals surface area contributed by atoms with Crippen molar-refractivity contribution in [2.24, 2.45) is 5.92 Å². The van der Waals surface area contributed by atoms with Crippen molar-refractivity contribution in [3.05, 3.63) is 5.82 Å². The van der Waals surface area contributed by atoms with Gasteiger partial charge in [0, 0.05) is 58.8 Å². The predicted octanol–water partition coefficient (Wildman–Crippen LogP) is 0.0675. The van der Waals surface area contributed by atoms with Crippen molar-refractivity contribution in [2.75, 3.05) is 39.3 Å². The normalized spacial score (nSPS) is 26.2. The summed E-state index contributed by atoms with van der Waals surface area (Å²) in [6, 6.07) is 0.564. The van der Waals surface area contributed by atoms with E-state index >= 15 is 0 Å². The molecule has 3 rings (SSSR count). The largest absolute Gasteiger partial charge is 0.340 e. The van der Waals surface area contributed by atoms with Gasteiger partial charge in [0.2, 0.25) is 5.91 Å². The van der Waals surface area contributed by atoms with Gasteiger partial charge in [-0.15, -0.1) is 5.10 Å². The van der Waals surface area contributed by atoms with E-state index < -0.39 is 0 Å². The molecule has 2 atom stereocenters. The number of piperazine rings is 1. The second-order valence-electron chi connectivity index (χ2n) is 7.10. The van der Waals surface area contributed by atoms with Crippen LogP contribution in [0.1, 0.15) is 33.0 Å². The van der Waals surface area contributed by atoms with E-state index in [1.807, 2.05) is 9.58 Å². The number of carbonyl (C=O) groups excluding carboxylic acids is 1. The maximum atomic E-state index is 11.5. The third kappa shape index (κ3) is 3.75. The van der Waals surface area contributed by atoms with Crippen LogP contribution >= 0.6 is 0 Å². The highest BCUT2D eigenvalue weighted by Crippen LogP contribution is 2.24. The lowest BCUT2D eigenvalue weighted by Gasteiger charge is -2.39. The molecule has 0 N–H and O–H groups in total. The lowest BCUT2D eigenvalue weighted by molar-refractivity contribution is -0.130. The van der Waals surface area contributed by atoms with Crippen molar-refractivity contribution in [3.8, 4) is 0 Å². The van der Waals surface area contributed by atoms with Gasteiger partial charge in [-0.05, 0) is 22.8 Å². The Morgan fingerprint density at radius 3 is 2.62 bits per heavy atom. The summed E-state index contributed by atoms with van der Waals surface area (Å²) in [6.45, 7) is 13.6. The molecule has 0 aliphatic carbocycles. The smallest absolute Gasteiger partial charge is 0.219 e.